The number of hydrogen-bond donors (Lipinski definition) is 1. The summed E-state index contributed by atoms with van der Waals surface area (Å²) in [4.78, 5) is 11.9. The minimum absolute atomic E-state index is 0.305. The monoisotopic (exact) mass is 313 g/mol. The molecule has 0 spiro atoms. The Kier molecular flexibility index (Phi) is 3.75. The molecule has 0 saturated carbocycles. The van der Waals surface area contributed by atoms with Gasteiger partial charge in [0.1, 0.15) is 5.41 Å². The van der Waals surface area contributed by atoms with Gasteiger partial charge in [0.25, 0.3) is 0 Å². The minimum atomic E-state index is -0.750. The number of methoxy groups -OCH3 is 1. The van der Waals surface area contributed by atoms with Gasteiger partial charge in [-0.15, -0.1) is 0 Å². The topological polar surface area (TPSA) is 61.5 Å². The smallest absolute Gasteiger partial charge is 0.318 e. The standard InChI is InChI=1S/C13H16BrNO3/c1-8-3-4-9(14)5-10(8)11(15)13(6-18-7-13)12(16)17-2/h3-5,11H,6-7,15H2,1-2H3. The Morgan fingerprint density at radius 3 is 2.72 bits per heavy atom. The second-order valence-corrected chi connectivity index (χ2v) is 5.53. The average molecular weight is 314 g/mol. The molecular weight excluding hydrogens is 298 g/mol. The number of aryl methyl sites for hydroxylation is 1. The van der Waals surface area contributed by atoms with Crippen molar-refractivity contribution in [2.75, 3.05) is 20.3 Å². The molecule has 0 aromatic heterocycles. The first-order valence-corrected chi connectivity index (χ1v) is 6.48. The average Bonchev–Trinajstić information content (AvgIpc) is 2.30. The van der Waals surface area contributed by atoms with Crippen LogP contribution in [0.25, 0.3) is 0 Å². The largest absolute Gasteiger partial charge is 0.468 e. The van der Waals surface area contributed by atoms with Crippen LogP contribution in [-0.2, 0) is 14.3 Å². The van der Waals surface area contributed by atoms with Crippen molar-refractivity contribution < 1.29 is 14.3 Å². The lowest BCUT2D eigenvalue weighted by atomic mass is 9.74. The first kappa shape index (κ1) is 13.5. The summed E-state index contributed by atoms with van der Waals surface area (Å²) in [5, 5.41) is 0. The van der Waals surface area contributed by atoms with Crippen LogP contribution >= 0.6 is 15.9 Å². The predicted molar refractivity (Wildman–Crippen MR) is 71.1 cm³/mol. The van der Waals surface area contributed by atoms with Gasteiger partial charge in [0.05, 0.1) is 26.4 Å². The molecule has 1 fully saturated rings. The molecule has 5 heteroatoms. The Labute approximate surface area is 115 Å². The van der Waals surface area contributed by atoms with E-state index in [1.165, 1.54) is 7.11 Å². The maximum Gasteiger partial charge on any atom is 0.318 e. The Hall–Kier alpha value is -0.910. The zero-order valence-electron chi connectivity index (χ0n) is 10.4. The van der Waals surface area contributed by atoms with Crippen molar-refractivity contribution in [2.24, 2.45) is 11.1 Å². The van der Waals surface area contributed by atoms with E-state index in [9.17, 15) is 4.79 Å². The van der Waals surface area contributed by atoms with Crippen molar-refractivity contribution in [2.45, 2.75) is 13.0 Å². The van der Waals surface area contributed by atoms with Gasteiger partial charge in [-0.25, -0.2) is 0 Å². The van der Waals surface area contributed by atoms with Gasteiger partial charge in [0.2, 0.25) is 0 Å². The highest BCUT2D eigenvalue weighted by atomic mass is 79.9. The molecule has 18 heavy (non-hydrogen) atoms. The lowest BCUT2D eigenvalue weighted by Gasteiger charge is -2.43. The van der Waals surface area contributed by atoms with Crippen LogP contribution in [-0.4, -0.2) is 26.3 Å². The van der Waals surface area contributed by atoms with E-state index in [1.807, 2.05) is 25.1 Å². The number of benzene rings is 1. The summed E-state index contributed by atoms with van der Waals surface area (Å²) < 4.78 is 11.0. The molecule has 1 aliphatic rings. The Balaban J connectivity index is 2.37. The fraction of sp³-hybridized carbons (Fsp3) is 0.462. The summed E-state index contributed by atoms with van der Waals surface area (Å²) >= 11 is 3.42. The fourth-order valence-electron chi connectivity index (χ4n) is 2.19. The van der Waals surface area contributed by atoms with E-state index in [2.05, 4.69) is 15.9 Å². The molecule has 1 aromatic rings. The third-order valence-corrected chi connectivity index (χ3v) is 3.98. The molecule has 4 nitrogen and oxygen atoms in total. The molecule has 1 saturated heterocycles. The van der Waals surface area contributed by atoms with Crippen LogP contribution in [0.2, 0.25) is 0 Å². The third kappa shape index (κ3) is 2.06. The molecule has 1 unspecified atom stereocenters. The summed E-state index contributed by atoms with van der Waals surface area (Å²) in [6, 6.07) is 5.46. The maximum absolute atomic E-state index is 11.9. The molecule has 0 bridgehead atoms. The maximum atomic E-state index is 11.9. The second kappa shape index (κ2) is 4.99. The highest BCUT2D eigenvalue weighted by Gasteiger charge is 2.52. The van der Waals surface area contributed by atoms with E-state index < -0.39 is 11.5 Å². The van der Waals surface area contributed by atoms with Crippen LogP contribution < -0.4 is 5.73 Å². The van der Waals surface area contributed by atoms with Crippen molar-refractivity contribution in [3.8, 4) is 0 Å². The van der Waals surface area contributed by atoms with Crippen molar-refractivity contribution >= 4 is 21.9 Å². The summed E-state index contributed by atoms with van der Waals surface area (Å²) in [5.41, 5.74) is 7.53. The molecule has 1 aromatic carbocycles. The SMILES string of the molecule is COC(=O)C1(C(N)c2cc(Br)ccc2C)COC1. The van der Waals surface area contributed by atoms with Crippen LogP contribution in [0.3, 0.4) is 0 Å². The summed E-state index contributed by atoms with van der Waals surface area (Å²) in [6.45, 7) is 2.60. The number of esters is 1. The minimum Gasteiger partial charge on any atom is -0.468 e. The number of rotatable bonds is 3. The van der Waals surface area contributed by atoms with Crippen LogP contribution in [0.15, 0.2) is 22.7 Å². The van der Waals surface area contributed by atoms with Gasteiger partial charge >= 0.3 is 5.97 Å². The predicted octanol–water partition coefficient (Wildman–Crippen LogP) is 1.95. The number of carbonyl (C=O) groups is 1. The van der Waals surface area contributed by atoms with E-state index in [0.717, 1.165) is 15.6 Å². The molecule has 0 aliphatic carbocycles. The van der Waals surface area contributed by atoms with Crippen LogP contribution in [0.4, 0.5) is 0 Å². The van der Waals surface area contributed by atoms with Crippen molar-refractivity contribution in [3.63, 3.8) is 0 Å². The highest BCUT2D eigenvalue weighted by Crippen LogP contribution is 2.41. The van der Waals surface area contributed by atoms with Gasteiger partial charge in [-0.05, 0) is 30.2 Å². The van der Waals surface area contributed by atoms with E-state index in [-0.39, 0.29) is 5.97 Å². The molecule has 0 amide bonds. The van der Waals surface area contributed by atoms with Gasteiger partial charge in [-0.3, -0.25) is 4.79 Å². The summed E-state index contributed by atoms with van der Waals surface area (Å²) in [7, 11) is 1.38. The zero-order chi connectivity index (χ0) is 13.3. The fourth-order valence-corrected chi connectivity index (χ4v) is 2.57. The quantitative estimate of drug-likeness (QED) is 0.866. The molecule has 2 rings (SSSR count). The molecule has 98 valence electrons. The number of hydrogen-bond acceptors (Lipinski definition) is 4. The van der Waals surface area contributed by atoms with Crippen molar-refractivity contribution in [1.82, 2.24) is 0 Å². The van der Waals surface area contributed by atoms with Gasteiger partial charge in [-0.1, -0.05) is 22.0 Å². The Morgan fingerprint density at radius 1 is 1.56 bits per heavy atom. The van der Waals surface area contributed by atoms with Crippen LogP contribution in [0.5, 0.6) is 0 Å². The first-order chi connectivity index (χ1) is 8.51. The number of nitrogens with two attached hydrogens (primary N) is 1. The Morgan fingerprint density at radius 2 is 2.22 bits per heavy atom. The van der Waals surface area contributed by atoms with E-state index in [0.29, 0.717) is 13.2 Å². The van der Waals surface area contributed by atoms with E-state index in [1.54, 1.807) is 0 Å². The summed E-state index contributed by atoms with van der Waals surface area (Å²) in [6.07, 6.45) is 0. The summed E-state index contributed by atoms with van der Waals surface area (Å²) in [5.74, 6) is -0.305. The second-order valence-electron chi connectivity index (χ2n) is 4.62. The highest BCUT2D eigenvalue weighted by molar-refractivity contribution is 9.10. The first-order valence-electron chi connectivity index (χ1n) is 5.69. The molecule has 0 radical (unpaired) electrons. The van der Waals surface area contributed by atoms with Gasteiger partial charge in [0, 0.05) is 4.47 Å². The zero-order valence-corrected chi connectivity index (χ0v) is 12.0. The van der Waals surface area contributed by atoms with Crippen molar-refractivity contribution in [3.05, 3.63) is 33.8 Å². The van der Waals surface area contributed by atoms with E-state index >= 15 is 0 Å². The number of ether oxygens (including phenoxy) is 2. The molecule has 1 heterocycles. The van der Waals surface area contributed by atoms with Crippen LogP contribution in [0.1, 0.15) is 17.2 Å². The van der Waals surface area contributed by atoms with Crippen molar-refractivity contribution in [1.29, 1.82) is 0 Å². The number of halogens is 1. The molecule has 2 N–H and O–H groups in total. The third-order valence-electron chi connectivity index (χ3n) is 3.48. The van der Waals surface area contributed by atoms with Crippen LogP contribution in [0, 0.1) is 12.3 Å². The Bertz CT molecular complexity index is 471. The van der Waals surface area contributed by atoms with E-state index in [4.69, 9.17) is 15.2 Å². The number of carbonyl (C=O) groups excluding carboxylic acids is 1. The molecule has 1 atom stereocenters. The molecule has 1 aliphatic heterocycles. The lowest BCUT2D eigenvalue weighted by Crippen LogP contribution is -2.56. The van der Waals surface area contributed by atoms with Gasteiger partial charge in [-0.2, -0.15) is 0 Å². The van der Waals surface area contributed by atoms with Gasteiger partial charge in [0.15, 0.2) is 0 Å². The van der Waals surface area contributed by atoms with Gasteiger partial charge < -0.3 is 15.2 Å². The normalized spacial score (nSPS) is 18.9. The lowest BCUT2D eigenvalue weighted by molar-refractivity contribution is -0.188. The molecular formula is C13H16BrNO3.